The first-order chi connectivity index (χ1) is 7.86. The van der Waals surface area contributed by atoms with Crippen LogP contribution in [0.25, 0.3) is 5.70 Å². The summed E-state index contributed by atoms with van der Waals surface area (Å²) in [5.41, 5.74) is 9.20. The highest BCUT2D eigenvalue weighted by Crippen LogP contribution is 2.09. The maximum atomic E-state index is 6.00. The van der Waals surface area contributed by atoms with E-state index >= 15 is 0 Å². The molecule has 0 bridgehead atoms. The molecule has 0 aliphatic heterocycles. The van der Waals surface area contributed by atoms with Crippen LogP contribution in [0.5, 0.6) is 0 Å². The summed E-state index contributed by atoms with van der Waals surface area (Å²) in [6, 6.07) is 20.4. The Bertz CT molecular complexity index is 457. The molecule has 0 radical (unpaired) electrons. The highest BCUT2D eigenvalue weighted by molar-refractivity contribution is 5.62. The zero-order valence-electron chi connectivity index (χ0n) is 9.14. The highest BCUT2D eigenvalue weighted by Gasteiger charge is 1.94. The Hall–Kier alpha value is -2.02. The smallest absolute Gasteiger partial charge is 0.0350 e. The standard InChI is InChI=1S/C15H15N/c16-15(14-9-5-2-6-10-14)12-11-13-7-3-1-4-8-13/h1-10,12H,11,16H2. The number of hydrogen-bond donors (Lipinski definition) is 1. The van der Waals surface area contributed by atoms with Crippen molar-refractivity contribution in [2.24, 2.45) is 5.73 Å². The van der Waals surface area contributed by atoms with Crippen molar-refractivity contribution in [3.63, 3.8) is 0 Å². The van der Waals surface area contributed by atoms with Gasteiger partial charge >= 0.3 is 0 Å². The molecule has 0 heterocycles. The molecule has 0 aliphatic carbocycles. The Kier molecular flexibility index (Phi) is 3.39. The SMILES string of the molecule is NC(=CCc1ccccc1)c1ccccc1. The molecule has 1 nitrogen and oxygen atoms in total. The molecule has 2 aromatic carbocycles. The third-order valence-electron chi connectivity index (χ3n) is 2.51. The molecule has 0 spiro atoms. The predicted octanol–water partition coefficient (Wildman–Crippen LogP) is 3.23. The van der Waals surface area contributed by atoms with Gasteiger partial charge in [0.05, 0.1) is 0 Å². The molecule has 0 fully saturated rings. The second-order valence-electron chi connectivity index (χ2n) is 3.72. The van der Waals surface area contributed by atoms with Gasteiger partial charge in [-0.1, -0.05) is 66.7 Å². The fourth-order valence-corrected chi connectivity index (χ4v) is 1.59. The summed E-state index contributed by atoms with van der Waals surface area (Å²) in [4.78, 5) is 0. The summed E-state index contributed by atoms with van der Waals surface area (Å²) < 4.78 is 0. The third-order valence-corrected chi connectivity index (χ3v) is 2.51. The summed E-state index contributed by atoms with van der Waals surface area (Å²) in [6.07, 6.45) is 2.94. The average molecular weight is 209 g/mol. The van der Waals surface area contributed by atoms with Crippen molar-refractivity contribution in [3.8, 4) is 0 Å². The third kappa shape index (κ3) is 2.74. The summed E-state index contributed by atoms with van der Waals surface area (Å²) in [6.45, 7) is 0. The van der Waals surface area contributed by atoms with E-state index in [9.17, 15) is 0 Å². The maximum Gasteiger partial charge on any atom is 0.0350 e. The normalized spacial score (nSPS) is 11.4. The van der Waals surface area contributed by atoms with Gasteiger partial charge in [-0.2, -0.15) is 0 Å². The minimum atomic E-state index is 0.837. The van der Waals surface area contributed by atoms with Crippen LogP contribution >= 0.6 is 0 Å². The lowest BCUT2D eigenvalue weighted by atomic mass is 10.1. The van der Waals surface area contributed by atoms with E-state index in [2.05, 4.69) is 18.2 Å². The number of allylic oxidation sites excluding steroid dienone is 1. The molecule has 2 N–H and O–H groups in total. The molecule has 2 aromatic rings. The van der Waals surface area contributed by atoms with Crippen LogP contribution in [0.4, 0.5) is 0 Å². The van der Waals surface area contributed by atoms with Gasteiger partial charge in [-0.05, 0) is 17.5 Å². The van der Waals surface area contributed by atoms with Crippen LogP contribution in [-0.2, 0) is 6.42 Å². The lowest BCUT2D eigenvalue weighted by molar-refractivity contribution is 1.26. The van der Waals surface area contributed by atoms with Gasteiger partial charge in [-0.3, -0.25) is 0 Å². The Labute approximate surface area is 96.2 Å². The van der Waals surface area contributed by atoms with Crippen molar-refractivity contribution in [2.45, 2.75) is 6.42 Å². The van der Waals surface area contributed by atoms with Crippen LogP contribution in [0.15, 0.2) is 66.7 Å². The Morgan fingerprint density at radius 1 is 0.875 bits per heavy atom. The van der Waals surface area contributed by atoms with Crippen LogP contribution in [-0.4, -0.2) is 0 Å². The molecule has 0 saturated carbocycles. The predicted molar refractivity (Wildman–Crippen MR) is 68.8 cm³/mol. The molecule has 16 heavy (non-hydrogen) atoms. The van der Waals surface area contributed by atoms with E-state index in [0.29, 0.717) is 0 Å². The van der Waals surface area contributed by atoms with E-state index in [4.69, 9.17) is 5.73 Å². The molecule has 0 aromatic heterocycles. The van der Waals surface area contributed by atoms with E-state index in [1.54, 1.807) is 0 Å². The Morgan fingerprint density at radius 2 is 1.44 bits per heavy atom. The monoisotopic (exact) mass is 209 g/mol. The van der Waals surface area contributed by atoms with Crippen LogP contribution in [0.2, 0.25) is 0 Å². The molecule has 0 aliphatic rings. The molecule has 0 amide bonds. The minimum absolute atomic E-state index is 0.837. The first-order valence-corrected chi connectivity index (χ1v) is 5.41. The Balaban J connectivity index is 2.09. The largest absolute Gasteiger partial charge is 0.398 e. The number of hydrogen-bond acceptors (Lipinski definition) is 1. The van der Waals surface area contributed by atoms with Gasteiger partial charge in [-0.15, -0.1) is 0 Å². The summed E-state index contributed by atoms with van der Waals surface area (Å²) >= 11 is 0. The molecule has 2 rings (SSSR count). The van der Waals surface area contributed by atoms with E-state index in [0.717, 1.165) is 17.7 Å². The molecule has 80 valence electrons. The zero-order valence-corrected chi connectivity index (χ0v) is 9.14. The van der Waals surface area contributed by atoms with E-state index in [1.165, 1.54) is 5.56 Å². The summed E-state index contributed by atoms with van der Waals surface area (Å²) in [5.74, 6) is 0. The van der Waals surface area contributed by atoms with Crippen LogP contribution in [0, 0.1) is 0 Å². The lowest BCUT2D eigenvalue weighted by Crippen LogP contribution is -1.96. The fraction of sp³-hybridized carbons (Fsp3) is 0.0667. The van der Waals surface area contributed by atoms with Crippen molar-refractivity contribution in [1.29, 1.82) is 0 Å². The van der Waals surface area contributed by atoms with Gasteiger partial charge in [0.15, 0.2) is 0 Å². The second-order valence-corrected chi connectivity index (χ2v) is 3.72. The molecule has 0 saturated heterocycles. The molecular formula is C15H15N. The van der Waals surface area contributed by atoms with Gasteiger partial charge in [-0.25, -0.2) is 0 Å². The van der Waals surface area contributed by atoms with E-state index in [-0.39, 0.29) is 0 Å². The second kappa shape index (κ2) is 5.17. The van der Waals surface area contributed by atoms with Crippen molar-refractivity contribution in [1.82, 2.24) is 0 Å². The molecule has 1 heteroatoms. The number of nitrogens with two attached hydrogens (primary N) is 1. The van der Waals surface area contributed by atoms with E-state index in [1.807, 2.05) is 48.5 Å². The van der Waals surface area contributed by atoms with Crippen molar-refractivity contribution in [2.75, 3.05) is 0 Å². The first-order valence-electron chi connectivity index (χ1n) is 5.41. The zero-order chi connectivity index (χ0) is 11.2. The molecule has 0 unspecified atom stereocenters. The van der Waals surface area contributed by atoms with Crippen molar-refractivity contribution >= 4 is 5.70 Å². The minimum Gasteiger partial charge on any atom is -0.398 e. The topological polar surface area (TPSA) is 26.0 Å². The van der Waals surface area contributed by atoms with Gasteiger partial charge in [0.1, 0.15) is 0 Å². The lowest BCUT2D eigenvalue weighted by Gasteiger charge is -2.01. The average Bonchev–Trinajstić information content (AvgIpc) is 2.38. The van der Waals surface area contributed by atoms with E-state index < -0.39 is 0 Å². The Morgan fingerprint density at radius 3 is 2.06 bits per heavy atom. The van der Waals surface area contributed by atoms with Gasteiger partial charge in [0.2, 0.25) is 0 Å². The summed E-state index contributed by atoms with van der Waals surface area (Å²) in [5, 5.41) is 0. The number of benzene rings is 2. The van der Waals surface area contributed by atoms with Crippen LogP contribution in [0.3, 0.4) is 0 Å². The fourth-order valence-electron chi connectivity index (χ4n) is 1.59. The van der Waals surface area contributed by atoms with Gasteiger partial charge in [0.25, 0.3) is 0 Å². The molecular weight excluding hydrogens is 194 g/mol. The van der Waals surface area contributed by atoms with Gasteiger partial charge in [0, 0.05) is 5.70 Å². The number of rotatable bonds is 3. The highest BCUT2D eigenvalue weighted by atomic mass is 14.6. The first kappa shape index (κ1) is 10.5. The van der Waals surface area contributed by atoms with Crippen LogP contribution < -0.4 is 5.73 Å². The quantitative estimate of drug-likeness (QED) is 0.825. The van der Waals surface area contributed by atoms with Crippen LogP contribution in [0.1, 0.15) is 11.1 Å². The van der Waals surface area contributed by atoms with Crippen molar-refractivity contribution < 1.29 is 0 Å². The molecule has 0 atom stereocenters. The maximum absolute atomic E-state index is 6.00. The van der Waals surface area contributed by atoms with Crippen molar-refractivity contribution in [3.05, 3.63) is 77.9 Å². The van der Waals surface area contributed by atoms with Gasteiger partial charge < -0.3 is 5.73 Å². The summed E-state index contributed by atoms with van der Waals surface area (Å²) in [7, 11) is 0.